The monoisotopic (exact) mass is 338 g/mol. The quantitative estimate of drug-likeness (QED) is 0.351. The minimum Gasteiger partial charge on any atom is -0.353 e. The highest BCUT2D eigenvalue weighted by Gasteiger charge is 2.04. The molecule has 2 atom stereocenters. The van der Waals surface area contributed by atoms with Crippen LogP contribution in [0.5, 0.6) is 0 Å². The maximum Gasteiger partial charge on any atom is 0.155 e. The van der Waals surface area contributed by atoms with Crippen LogP contribution in [0.4, 0.5) is 0 Å². The van der Waals surface area contributed by atoms with Gasteiger partial charge in [0.15, 0.2) is 12.6 Å². The highest BCUT2D eigenvalue weighted by atomic mass is 16.7. The summed E-state index contributed by atoms with van der Waals surface area (Å²) in [4.78, 5) is 0. The Morgan fingerprint density at radius 1 is 0.667 bits per heavy atom. The summed E-state index contributed by atoms with van der Waals surface area (Å²) < 4.78 is 22.5. The van der Waals surface area contributed by atoms with Crippen molar-refractivity contribution in [2.45, 2.75) is 79.2 Å². The maximum atomic E-state index is 5.69. The van der Waals surface area contributed by atoms with Gasteiger partial charge in [-0.2, -0.15) is 0 Å². The molecule has 0 bridgehead atoms. The van der Waals surface area contributed by atoms with Crippen molar-refractivity contribution in [3.05, 3.63) is 35.4 Å². The van der Waals surface area contributed by atoms with Gasteiger partial charge >= 0.3 is 0 Å². The van der Waals surface area contributed by atoms with Crippen molar-refractivity contribution in [1.29, 1.82) is 0 Å². The van der Waals surface area contributed by atoms with Crippen LogP contribution in [0.2, 0.25) is 0 Å². The first-order valence-corrected chi connectivity index (χ1v) is 9.19. The van der Waals surface area contributed by atoms with Crippen LogP contribution in [0.1, 0.15) is 64.5 Å². The third-order valence-electron chi connectivity index (χ3n) is 3.69. The molecule has 4 nitrogen and oxygen atoms in total. The Kier molecular flexibility index (Phi) is 11.7. The molecule has 0 aromatic heterocycles. The van der Waals surface area contributed by atoms with Crippen molar-refractivity contribution in [1.82, 2.24) is 0 Å². The first kappa shape index (κ1) is 21.1. The lowest BCUT2D eigenvalue weighted by Crippen LogP contribution is -2.14. The number of hydrogen-bond donors (Lipinski definition) is 0. The summed E-state index contributed by atoms with van der Waals surface area (Å²) in [5.41, 5.74) is 2.27. The van der Waals surface area contributed by atoms with Crippen LogP contribution in [-0.4, -0.2) is 25.8 Å². The molecule has 0 spiro atoms. The lowest BCUT2D eigenvalue weighted by molar-refractivity contribution is -0.139. The van der Waals surface area contributed by atoms with Gasteiger partial charge in [-0.3, -0.25) is 0 Å². The Balaban J connectivity index is 2.22. The topological polar surface area (TPSA) is 36.9 Å². The molecule has 138 valence electrons. The number of hydrogen-bond acceptors (Lipinski definition) is 4. The van der Waals surface area contributed by atoms with Gasteiger partial charge in [-0.1, -0.05) is 51.0 Å². The van der Waals surface area contributed by atoms with Crippen LogP contribution in [0, 0.1) is 0 Å². The van der Waals surface area contributed by atoms with E-state index in [2.05, 4.69) is 38.1 Å². The third-order valence-corrected chi connectivity index (χ3v) is 3.69. The summed E-state index contributed by atoms with van der Waals surface area (Å²) in [5.74, 6) is 0. The second-order valence-corrected chi connectivity index (χ2v) is 6.02. The SMILES string of the molecule is CCCCOC(C)OCc1ccc(COC(C)OCCCC)cc1. The standard InChI is InChI=1S/C20H34O4/c1-5-7-13-21-17(3)23-15-19-9-11-20(12-10-19)16-24-18(4)22-14-8-6-2/h9-12,17-18H,5-8,13-16H2,1-4H3. The van der Waals surface area contributed by atoms with Crippen molar-refractivity contribution < 1.29 is 18.9 Å². The predicted octanol–water partition coefficient (Wildman–Crippen LogP) is 5.05. The fourth-order valence-corrected chi connectivity index (χ4v) is 2.04. The molecule has 0 N–H and O–H groups in total. The minimum atomic E-state index is -0.166. The lowest BCUT2D eigenvalue weighted by Gasteiger charge is -2.15. The molecule has 24 heavy (non-hydrogen) atoms. The molecule has 0 aliphatic carbocycles. The van der Waals surface area contributed by atoms with Crippen molar-refractivity contribution >= 4 is 0 Å². The molecule has 0 saturated heterocycles. The Morgan fingerprint density at radius 3 is 1.38 bits per heavy atom. The molecule has 0 fully saturated rings. The van der Waals surface area contributed by atoms with Crippen molar-refractivity contribution in [3.63, 3.8) is 0 Å². The van der Waals surface area contributed by atoms with Gasteiger partial charge in [0, 0.05) is 13.2 Å². The summed E-state index contributed by atoms with van der Waals surface area (Å²) in [5, 5.41) is 0. The van der Waals surface area contributed by atoms with Gasteiger partial charge in [0.25, 0.3) is 0 Å². The van der Waals surface area contributed by atoms with E-state index in [0.717, 1.165) is 50.0 Å². The van der Waals surface area contributed by atoms with Crippen LogP contribution < -0.4 is 0 Å². The fourth-order valence-electron chi connectivity index (χ4n) is 2.04. The van der Waals surface area contributed by atoms with Gasteiger partial charge in [-0.15, -0.1) is 0 Å². The molecular formula is C20H34O4. The summed E-state index contributed by atoms with van der Waals surface area (Å²) >= 11 is 0. The first-order chi connectivity index (χ1) is 11.7. The Hall–Kier alpha value is -0.940. The van der Waals surface area contributed by atoms with E-state index in [1.807, 2.05) is 13.8 Å². The summed E-state index contributed by atoms with van der Waals surface area (Å²) in [6.45, 7) is 10.8. The van der Waals surface area contributed by atoms with Crippen molar-refractivity contribution in [2.24, 2.45) is 0 Å². The zero-order valence-electron chi connectivity index (χ0n) is 15.8. The molecule has 0 amide bonds. The van der Waals surface area contributed by atoms with E-state index in [1.54, 1.807) is 0 Å². The van der Waals surface area contributed by atoms with Crippen molar-refractivity contribution in [3.8, 4) is 0 Å². The molecule has 2 unspecified atom stereocenters. The molecule has 4 heteroatoms. The van der Waals surface area contributed by atoms with Gasteiger partial charge in [0.05, 0.1) is 13.2 Å². The highest BCUT2D eigenvalue weighted by molar-refractivity contribution is 5.21. The predicted molar refractivity (Wildman–Crippen MR) is 96.7 cm³/mol. The third kappa shape index (κ3) is 10.0. The lowest BCUT2D eigenvalue weighted by atomic mass is 10.1. The summed E-state index contributed by atoms with van der Waals surface area (Å²) in [6, 6.07) is 8.28. The van der Waals surface area contributed by atoms with Crippen LogP contribution in [0.3, 0.4) is 0 Å². The molecule has 0 saturated carbocycles. The molecule has 0 aliphatic heterocycles. The van der Waals surface area contributed by atoms with Gasteiger partial charge in [-0.25, -0.2) is 0 Å². The number of benzene rings is 1. The Bertz CT molecular complexity index is 366. The van der Waals surface area contributed by atoms with Gasteiger partial charge in [0.1, 0.15) is 0 Å². The zero-order chi connectivity index (χ0) is 17.6. The molecule has 1 aromatic rings. The van der Waals surface area contributed by atoms with E-state index >= 15 is 0 Å². The largest absolute Gasteiger partial charge is 0.353 e. The van der Waals surface area contributed by atoms with E-state index in [1.165, 1.54) is 0 Å². The smallest absolute Gasteiger partial charge is 0.155 e. The van der Waals surface area contributed by atoms with Gasteiger partial charge in [0.2, 0.25) is 0 Å². The second-order valence-electron chi connectivity index (χ2n) is 6.02. The Labute approximate surface area is 147 Å². The molecular weight excluding hydrogens is 304 g/mol. The van der Waals surface area contributed by atoms with Crippen LogP contribution in [0.15, 0.2) is 24.3 Å². The molecule has 0 radical (unpaired) electrons. The first-order valence-electron chi connectivity index (χ1n) is 9.19. The van der Waals surface area contributed by atoms with Crippen LogP contribution in [0.25, 0.3) is 0 Å². The van der Waals surface area contributed by atoms with Gasteiger partial charge < -0.3 is 18.9 Å². The Morgan fingerprint density at radius 2 is 1.04 bits per heavy atom. The number of ether oxygens (including phenoxy) is 4. The second kappa shape index (κ2) is 13.4. The van der Waals surface area contributed by atoms with E-state index < -0.39 is 0 Å². The fraction of sp³-hybridized carbons (Fsp3) is 0.700. The van der Waals surface area contributed by atoms with E-state index in [9.17, 15) is 0 Å². The number of rotatable bonds is 14. The molecule has 1 aromatic carbocycles. The zero-order valence-corrected chi connectivity index (χ0v) is 15.8. The normalized spacial score (nSPS) is 13.8. The van der Waals surface area contributed by atoms with Crippen molar-refractivity contribution in [2.75, 3.05) is 13.2 Å². The minimum absolute atomic E-state index is 0.166. The molecule has 0 aliphatic rings. The molecule has 1 rings (SSSR count). The molecule has 0 heterocycles. The number of unbranched alkanes of at least 4 members (excludes halogenated alkanes) is 2. The van der Waals surface area contributed by atoms with Crippen LogP contribution >= 0.6 is 0 Å². The average Bonchev–Trinajstić information content (AvgIpc) is 2.59. The average molecular weight is 338 g/mol. The van der Waals surface area contributed by atoms with Crippen LogP contribution in [-0.2, 0) is 32.2 Å². The van der Waals surface area contributed by atoms with E-state index in [4.69, 9.17) is 18.9 Å². The summed E-state index contributed by atoms with van der Waals surface area (Å²) in [7, 11) is 0. The van der Waals surface area contributed by atoms with E-state index in [0.29, 0.717) is 13.2 Å². The summed E-state index contributed by atoms with van der Waals surface area (Å²) in [6.07, 6.45) is 4.09. The van der Waals surface area contributed by atoms with E-state index in [-0.39, 0.29) is 12.6 Å². The highest BCUT2D eigenvalue weighted by Crippen LogP contribution is 2.10. The maximum absolute atomic E-state index is 5.69. The van der Waals surface area contributed by atoms with Gasteiger partial charge in [-0.05, 0) is 37.8 Å².